The fourth-order valence-electron chi connectivity index (χ4n) is 2.08. The van der Waals surface area contributed by atoms with Crippen molar-refractivity contribution in [2.45, 2.75) is 0 Å². The summed E-state index contributed by atoms with van der Waals surface area (Å²) in [5.74, 6) is 1.23. The Bertz CT molecular complexity index is 396. The lowest BCUT2D eigenvalue weighted by Gasteiger charge is -2.35. The van der Waals surface area contributed by atoms with Crippen LogP contribution in [0.3, 0.4) is 0 Å². The molecule has 1 aliphatic rings. The third kappa shape index (κ3) is 4.29. The number of aromatic nitrogens is 2. The summed E-state index contributed by atoms with van der Waals surface area (Å²) in [5.41, 5.74) is 5.75. The quantitative estimate of drug-likeness (QED) is 0.812. The van der Waals surface area contributed by atoms with Crippen LogP contribution in [0.5, 0.6) is 0 Å². The maximum Gasteiger partial charge on any atom is 0.228 e. The predicted octanol–water partition coefficient (Wildman–Crippen LogP) is 0.505. The van der Waals surface area contributed by atoms with Crippen molar-refractivity contribution in [1.82, 2.24) is 19.8 Å². The zero-order chi connectivity index (χ0) is 13.8. The fourth-order valence-corrected chi connectivity index (χ4v) is 2.47. The lowest BCUT2D eigenvalue weighted by molar-refractivity contribution is 0.228. The van der Waals surface area contributed by atoms with Gasteiger partial charge in [0, 0.05) is 45.3 Å². The van der Waals surface area contributed by atoms with Gasteiger partial charge in [0.05, 0.1) is 0 Å². The summed E-state index contributed by atoms with van der Waals surface area (Å²) in [6, 6.07) is 1.72. The second-order valence-corrected chi connectivity index (χ2v) is 5.86. The first-order valence-electron chi connectivity index (χ1n) is 6.46. The third-order valence-electron chi connectivity index (χ3n) is 3.22. The van der Waals surface area contributed by atoms with Gasteiger partial charge in [-0.3, -0.25) is 4.90 Å². The van der Waals surface area contributed by atoms with Gasteiger partial charge in [-0.1, -0.05) is 0 Å². The van der Waals surface area contributed by atoms with E-state index >= 15 is 0 Å². The Hall–Kier alpha value is -0.920. The van der Waals surface area contributed by atoms with Crippen LogP contribution in [-0.4, -0.2) is 73.1 Å². The minimum atomic E-state index is 0.506. The van der Waals surface area contributed by atoms with Crippen molar-refractivity contribution < 1.29 is 0 Å². The molecule has 0 aliphatic carbocycles. The molecular weight excluding hydrogens is 308 g/mol. The second-order valence-electron chi connectivity index (χ2n) is 5.05. The monoisotopic (exact) mass is 328 g/mol. The van der Waals surface area contributed by atoms with E-state index in [1.165, 1.54) is 0 Å². The highest BCUT2D eigenvalue weighted by molar-refractivity contribution is 9.10. The van der Waals surface area contributed by atoms with Gasteiger partial charge in [0.1, 0.15) is 10.4 Å². The highest BCUT2D eigenvalue weighted by Gasteiger charge is 2.19. The maximum atomic E-state index is 5.75. The van der Waals surface area contributed by atoms with Crippen LogP contribution >= 0.6 is 15.9 Å². The van der Waals surface area contributed by atoms with Gasteiger partial charge in [0.25, 0.3) is 0 Å². The molecule has 0 radical (unpaired) electrons. The SMILES string of the molecule is CN(C)CCN1CCN(c2nc(N)cc(Br)n2)CC1. The summed E-state index contributed by atoms with van der Waals surface area (Å²) in [6.07, 6.45) is 0. The van der Waals surface area contributed by atoms with E-state index in [9.17, 15) is 0 Å². The highest BCUT2D eigenvalue weighted by Crippen LogP contribution is 2.17. The van der Waals surface area contributed by atoms with Crippen LogP contribution in [0, 0.1) is 0 Å². The molecule has 0 bridgehead atoms. The van der Waals surface area contributed by atoms with Gasteiger partial charge in [-0.2, -0.15) is 4.98 Å². The third-order valence-corrected chi connectivity index (χ3v) is 3.63. The molecule has 2 heterocycles. The molecule has 1 saturated heterocycles. The molecule has 1 fully saturated rings. The number of nitrogens with zero attached hydrogens (tertiary/aromatic N) is 5. The Morgan fingerprint density at radius 2 is 1.95 bits per heavy atom. The van der Waals surface area contributed by atoms with Gasteiger partial charge >= 0.3 is 0 Å². The number of halogens is 1. The van der Waals surface area contributed by atoms with Crippen LogP contribution < -0.4 is 10.6 Å². The minimum absolute atomic E-state index is 0.506. The summed E-state index contributed by atoms with van der Waals surface area (Å²) < 4.78 is 0.741. The number of nitrogens with two attached hydrogens (primary N) is 1. The fraction of sp³-hybridized carbons (Fsp3) is 0.667. The van der Waals surface area contributed by atoms with Gasteiger partial charge < -0.3 is 15.5 Å². The highest BCUT2D eigenvalue weighted by atomic mass is 79.9. The molecule has 19 heavy (non-hydrogen) atoms. The smallest absolute Gasteiger partial charge is 0.228 e. The first-order valence-corrected chi connectivity index (χ1v) is 7.26. The lowest BCUT2D eigenvalue weighted by atomic mass is 10.3. The zero-order valence-electron chi connectivity index (χ0n) is 11.5. The molecule has 1 aromatic rings. The summed E-state index contributed by atoms with van der Waals surface area (Å²) >= 11 is 3.36. The average Bonchev–Trinajstić information content (AvgIpc) is 2.36. The predicted molar refractivity (Wildman–Crippen MR) is 81.4 cm³/mol. The van der Waals surface area contributed by atoms with E-state index in [4.69, 9.17) is 5.73 Å². The number of hydrogen-bond acceptors (Lipinski definition) is 6. The topological polar surface area (TPSA) is 61.5 Å². The molecule has 1 aromatic heterocycles. The molecule has 0 aromatic carbocycles. The lowest BCUT2D eigenvalue weighted by Crippen LogP contribution is -2.48. The number of likely N-dealkylation sites (N-methyl/N-ethyl adjacent to an activating group) is 1. The molecule has 2 N–H and O–H groups in total. The molecule has 0 unspecified atom stereocenters. The molecule has 106 valence electrons. The van der Waals surface area contributed by atoms with Crippen molar-refractivity contribution in [1.29, 1.82) is 0 Å². The molecule has 2 rings (SSSR count). The van der Waals surface area contributed by atoms with Crippen LogP contribution in [0.2, 0.25) is 0 Å². The van der Waals surface area contributed by atoms with Crippen molar-refractivity contribution in [3.8, 4) is 0 Å². The number of hydrogen-bond donors (Lipinski definition) is 1. The molecule has 1 aliphatic heterocycles. The van der Waals surface area contributed by atoms with Crippen molar-refractivity contribution in [3.63, 3.8) is 0 Å². The molecule has 6 nitrogen and oxygen atoms in total. The van der Waals surface area contributed by atoms with E-state index < -0.39 is 0 Å². The van der Waals surface area contributed by atoms with E-state index in [0.717, 1.165) is 49.8 Å². The average molecular weight is 329 g/mol. The van der Waals surface area contributed by atoms with E-state index in [1.54, 1.807) is 6.07 Å². The van der Waals surface area contributed by atoms with Crippen LogP contribution in [-0.2, 0) is 0 Å². The Morgan fingerprint density at radius 1 is 1.26 bits per heavy atom. The number of nitrogen functional groups attached to an aromatic ring is 1. The van der Waals surface area contributed by atoms with Gasteiger partial charge in [0.15, 0.2) is 0 Å². The van der Waals surface area contributed by atoms with E-state index in [-0.39, 0.29) is 0 Å². The van der Waals surface area contributed by atoms with Gasteiger partial charge in [-0.05, 0) is 30.0 Å². The van der Waals surface area contributed by atoms with Gasteiger partial charge in [-0.15, -0.1) is 0 Å². The Morgan fingerprint density at radius 3 is 2.53 bits per heavy atom. The van der Waals surface area contributed by atoms with Crippen LogP contribution in [0.1, 0.15) is 0 Å². The van der Waals surface area contributed by atoms with Crippen LogP contribution in [0.25, 0.3) is 0 Å². The molecule has 7 heteroatoms. The normalized spacial score (nSPS) is 17.2. The summed E-state index contributed by atoms with van der Waals surface area (Å²) in [6.45, 7) is 6.20. The van der Waals surface area contributed by atoms with E-state index in [2.05, 4.69) is 54.7 Å². The second kappa shape index (κ2) is 6.49. The number of piperazine rings is 1. The first-order chi connectivity index (χ1) is 9.04. The molecule has 0 atom stereocenters. The summed E-state index contributed by atoms with van der Waals surface area (Å²) in [7, 11) is 4.21. The Kier molecular flexibility index (Phi) is 4.95. The zero-order valence-corrected chi connectivity index (χ0v) is 13.1. The number of anilines is 2. The summed E-state index contributed by atoms with van der Waals surface area (Å²) in [4.78, 5) is 15.5. The molecule has 0 spiro atoms. The standard InChI is InChI=1S/C12H21BrN6/c1-17(2)3-4-18-5-7-19(8-6-18)12-15-10(13)9-11(14)16-12/h9H,3-8H2,1-2H3,(H2,14,15,16). The Balaban J connectivity index is 1.89. The van der Waals surface area contributed by atoms with Crippen LogP contribution in [0.15, 0.2) is 10.7 Å². The Labute approximate surface area is 122 Å². The molecule has 0 saturated carbocycles. The van der Waals surface area contributed by atoms with Crippen LogP contribution in [0.4, 0.5) is 11.8 Å². The first kappa shape index (κ1) is 14.5. The largest absolute Gasteiger partial charge is 0.383 e. The summed E-state index contributed by atoms with van der Waals surface area (Å²) in [5, 5.41) is 0. The van der Waals surface area contributed by atoms with E-state index in [0.29, 0.717) is 5.82 Å². The molecular formula is C12H21BrN6. The van der Waals surface area contributed by atoms with Crippen molar-refractivity contribution in [3.05, 3.63) is 10.7 Å². The maximum absolute atomic E-state index is 5.75. The minimum Gasteiger partial charge on any atom is -0.383 e. The van der Waals surface area contributed by atoms with E-state index in [1.807, 2.05) is 0 Å². The number of rotatable bonds is 4. The van der Waals surface area contributed by atoms with Crippen molar-refractivity contribution in [2.24, 2.45) is 0 Å². The molecule has 0 amide bonds. The van der Waals surface area contributed by atoms with Gasteiger partial charge in [-0.25, -0.2) is 4.98 Å². The van der Waals surface area contributed by atoms with Crippen molar-refractivity contribution in [2.75, 3.05) is 64.0 Å². The van der Waals surface area contributed by atoms with Gasteiger partial charge in [0.2, 0.25) is 5.95 Å². The van der Waals surface area contributed by atoms with Crippen molar-refractivity contribution >= 4 is 27.7 Å².